The van der Waals surface area contributed by atoms with Gasteiger partial charge >= 0.3 is 23.9 Å². The number of nitrogens with two attached hydrogens (primary N) is 2. The molecule has 11 N–H and O–H groups in total. The summed E-state index contributed by atoms with van der Waals surface area (Å²) in [7, 11) is 0. The smallest absolute Gasteiger partial charge is 0.431 e. The van der Waals surface area contributed by atoms with Gasteiger partial charge in [-0.25, -0.2) is 14.4 Å². The summed E-state index contributed by atoms with van der Waals surface area (Å²) in [6, 6.07) is 28.4. The number of hydroxylamine groups is 1. The van der Waals surface area contributed by atoms with E-state index in [0.717, 1.165) is 85.1 Å². The number of H-pyrrole nitrogens is 1. The van der Waals surface area contributed by atoms with E-state index in [4.69, 9.17) is 30.5 Å². The Morgan fingerprint density at radius 2 is 1.40 bits per heavy atom. The number of hydrogen-bond acceptors (Lipinski definition) is 16. The van der Waals surface area contributed by atoms with E-state index in [1.165, 1.54) is 4.57 Å². The fourth-order valence-electron chi connectivity index (χ4n) is 10.5. The number of rotatable bonds is 30. The molecule has 3 atom stereocenters. The number of carbonyl (C=O) groups excluding carboxylic acids is 6. The standard InChI is InChI=1S/C63H81N13O11/c1-5-6-33-84-60-72-55(65)54-56(73-60)76(61(81)71-54)35-43-20-18-42(19-21-43)34-75-31-27-41(28-32-75)26-30-67-58(79)51(70-62(82)85-36-44-22-24-45(25-23-44)69-57(78)40(4)68-59(80)53(64)39(2)3)17-11-12-29-66-52(77)38-87-74-63(83)86-37-50-48-15-9-7-13-46(48)47-14-8-10-16-49(47)50/h7-10,13-16,18-25,39-41,50-51,53H,5-6,11-12,17,26-38,64H2,1-4H3,(H,66,77)(H,67,79)(H,68,80)(H,69,78)(H,70,82)(H,71,81)(H,74,83)(H2,65,72,73)/t40-,51-,53-/m0/s1. The minimum Gasteiger partial charge on any atom is -0.463 e. The van der Waals surface area contributed by atoms with Crippen molar-refractivity contribution in [3.63, 3.8) is 0 Å². The number of likely N-dealkylation sites (tertiary alicyclic amines) is 1. The summed E-state index contributed by atoms with van der Waals surface area (Å²) in [6.45, 7) is 10.7. The zero-order valence-corrected chi connectivity index (χ0v) is 49.9. The van der Waals surface area contributed by atoms with Crippen LogP contribution in [-0.2, 0) is 53.2 Å². The highest BCUT2D eigenvalue weighted by molar-refractivity contribution is 5.97. The van der Waals surface area contributed by atoms with E-state index >= 15 is 0 Å². The third kappa shape index (κ3) is 18.3. The van der Waals surface area contributed by atoms with Crippen molar-refractivity contribution in [1.29, 1.82) is 0 Å². The number of nitrogens with one attached hydrogen (secondary N) is 7. The van der Waals surface area contributed by atoms with E-state index < -0.39 is 54.6 Å². The highest BCUT2D eigenvalue weighted by Gasteiger charge is 2.30. The van der Waals surface area contributed by atoms with Gasteiger partial charge in [0.05, 0.1) is 19.2 Å². The molecule has 1 fully saturated rings. The molecule has 0 spiro atoms. The van der Waals surface area contributed by atoms with Crippen LogP contribution in [0.15, 0.2) is 102 Å². The summed E-state index contributed by atoms with van der Waals surface area (Å²) in [5, 5.41) is 13.9. The van der Waals surface area contributed by atoms with Crippen molar-refractivity contribution in [2.45, 2.75) is 123 Å². The van der Waals surface area contributed by atoms with Gasteiger partial charge in [0.2, 0.25) is 23.6 Å². The van der Waals surface area contributed by atoms with Gasteiger partial charge < -0.3 is 57.2 Å². The van der Waals surface area contributed by atoms with Crippen LogP contribution < -0.4 is 54.0 Å². The van der Waals surface area contributed by atoms with E-state index in [2.05, 4.69) is 71.0 Å². The van der Waals surface area contributed by atoms with Crippen molar-refractivity contribution in [3.8, 4) is 17.1 Å². The summed E-state index contributed by atoms with van der Waals surface area (Å²) < 4.78 is 18.2. The highest BCUT2D eigenvalue weighted by Crippen LogP contribution is 2.44. The molecule has 4 aromatic carbocycles. The van der Waals surface area contributed by atoms with Crippen LogP contribution in [0.5, 0.6) is 6.01 Å². The van der Waals surface area contributed by atoms with E-state index in [-0.39, 0.29) is 61.4 Å². The Labute approximate surface area is 505 Å². The molecule has 24 nitrogen and oxygen atoms in total. The van der Waals surface area contributed by atoms with Crippen molar-refractivity contribution in [1.82, 2.24) is 51.2 Å². The molecular formula is C63H81N13O11. The summed E-state index contributed by atoms with van der Waals surface area (Å²) in [5.41, 5.74) is 22.1. The molecule has 6 amide bonds. The van der Waals surface area contributed by atoms with Gasteiger partial charge in [0.25, 0.3) is 0 Å². The first kappa shape index (κ1) is 64.1. The first-order chi connectivity index (χ1) is 42.0. The monoisotopic (exact) mass is 1200 g/mol. The van der Waals surface area contributed by atoms with Gasteiger partial charge in [0.1, 0.15) is 30.8 Å². The molecule has 3 heterocycles. The van der Waals surface area contributed by atoms with Gasteiger partial charge in [0, 0.05) is 31.2 Å². The molecule has 0 unspecified atom stereocenters. The second kappa shape index (κ2) is 31.5. The lowest BCUT2D eigenvalue weighted by Gasteiger charge is -2.32. The minimum atomic E-state index is -0.944. The molecule has 0 saturated carbocycles. The number of amides is 6. The topological polar surface area (TPSA) is 330 Å². The molecule has 87 heavy (non-hydrogen) atoms. The van der Waals surface area contributed by atoms with Crippen LogP contribution in [0, 0.1) is 11.8 Å². The molecule has 0 radical (unpaired) electrons. The maximum absolute atomic E-state index is 13.8. The number of nitrogens with zero attached hydrogens (tertiary/aromatic N) is 4. The minimum absolute atomic E-state index is 0.0867. The number of aromatic nitrogens is 4. The van der Waals surface area contributed by atoms with Crippen LogP contribution in [-0.4, -0.2) is 124 Å². The Morgan fingerprint density at radius 3 is 2.08 bits per heavy atom. The van der Waals surface area contributed by atoms with E-state index in [1.54, 1.807) is 31.2 Å². The molecular weight excluding hydrogens is 1110 g/mol. The summed E-state index contributed by atoms with van der Waals surface area (Å²) in [4.78, 5) is 109. The number of carbonyl (C=O) groups is 6. The number of anilines is 2. The Bertz CT molecular complexity index is 3320. The lowest BCUT2D eigenvalue weighted by Crippen LogP contribution is -2.50. The van der Waals surface area contributed by atoms with Crippen LogP contribution in [0.2, 0.25) is 0 Å². The Morgan fingerprint density at radius 1 is 0.736 bits per heavy atom. The van der Waals surface area contributed by atoms with Gasteiger partial charge in [-0.15, -0.1) is 0 Å². The fraction of sp³-hybridized carbons (Fsp3) is 0.444. The zero-order chi connectivity index (χ0) is 61.8. The van der Waals surface area contributed by atoms with Crippen LogP contribution in [0.25, 0.3) is 22.3 Å². The fourth-order valence-corrected chi connectivity index (χ4v) is 10.5. The average Bonchev–Trinajstić information content (AvgIpc) is 2.82. The lowest BCUT2D eigenvalue weighted by atomic mass is 9.93. The average molecular weight is 1200 g/mol. The molecule has 1 saturated heterocycles. The first-order valence-corrected chi connectivity index (χ1v) is 29.9. The number of hydrogen-bond donors (Lipinski definition) is 9. The molecule has 464 valence electrons. The maximum Gasteiger partial charge on any atom is 0.431 e. The molecule has 2 aliphatic rings. The van der Waals surface area contributed by atoms with Crippen LogP contribution in [0.4, 0.5) is 21.1 Å². The number of fused-ring (bicyclic) bond motifs is 4. The van der Waals surface area contributed by atoms with Gasteiger partial charge in [-0.1, -0.05) is 112 Å². The number of aromatic amines is 1. The summed E-state index contributed by atoms with van der Waals surface area (Å²) >= 11 is 0. The maximum atomic E-state index is 13.8. The third-order valence-electron chi connectivity index (χ3n) is 15.6. The van der Waals surface area contributed by atoms with Crippen LogP contribution >= 0.6 is 0 Å². The van der Waals surface area contributed by atoms with E-state index in [0.29, 0.717) is 60.9 Å². The first-order valence-electron chi connectivity index (χ1n) is 29.9. The van der Waals surface area contributed by atoms with Crippen LogP contribution in [0.1, 0.15) is 113 Å². The second-order valence-corrected chi connectivity index (χ2v) is 22.4. The lowest BCUT2D eigenvalue weighted by molar-refractivity contribution is -0.128. The van der Waals surface area contributed by atoms with Crippen molar-refractivity contribution in [2.24, 2.45) is 17.6 Å². The van der Waals surface area contributed by atoms with Gasteiger partial charge in [-0.3, -0.25) is 33.5 Å². The predicted octanol–water partition coefficient (Wildman–Crippen LogP) is 6.13. The normalized spacial score (nSPS) is 14.3. The molecule has 0 bridgehead atoms. The van der Waals surface area contributed by atoms with Crippen molar-refractivity contribution >= 4 is 58.5 Å². The third-order valence-corrected chi connectivity index (χ3v) is 15.6. The molecule has 1 aliphatic carbocycles. The number of piperidine rings is 1. The van der Waals surface area contributed by atoms with Gasteiger partial charge in [-0.05, 0) is 128 Å². The zero-order valence-electron chi connectivity index (χ0n) is 49.9. The number of alkyl carbamates (subject to hydrolysis) is 1. The molecule has 8 rings (SSSR count). The highest BCUT2D eigenvalue weighted by atomic mass is 16.7. The Hall–Kier alpha value is -8.87. The molecule has 2 aromatic heterocycles. The predicted molar refractivity (Wildman–Crippen MR) is 328 cm³/mol. The number of nitrogen functional groups attached to an aromatic ring is 1. The molecule has 6 aromatic rings. The number of imidazole rings is 1. The van der Waals surface area contributed by atoms with Crippen molar-refractivity contribution < 1.29 is 47.8 Å². The summed E-state index contributed by atoms with van der Waals surface area (Å²) in [6.07, 6.45) is 3.96. The quantitative estimate of drug-likeness (QED) is 0.0181. The second-order valence-electron chi connectivity index (χ2n) is 22.4. The summed E-state index contributed by atoms with van der Waals surface area (Å²) in [5.74, 6) is -1.40. The van der Waals surface area contributed by atoms with Crippen molar-refractivity contribution in [2.75, 3.05) is 57.1 Å². The molecule has 1 aliphatic heterocycles. The SMILES string of the molecule is CCCCOc1nc(N)c2[nH]c(=O)n(Cc3ccc(CN4CCC(CCNC(=O)[C@H](CCCCNC(=O)CONC(=O)OCC5c6ccccc6-c6ccccc65)NC(=O)OCc5ccc(NC(=O)[C@H](C)NC(=O)[C@@H](N)C(C)C)cc5)CC4)cc3)c2n1. The van der Waals surface area contributed by atoms with E-state index in [1.807, 2.05) is 74.5 Å². The number of benzene rings is 4. The molecule has 24 heteroatoms. The number of unbranched alkanes of at least 4 members (excludes halogenated alkanes) is 2. The Balaban J connectivity index is 0.765. The largest absolute Gasteiger partial charge is 0.463 e. The van der Waals surface area contributed by atoms with E-state index in [9.17, 15) is 33.6 Å². The van der Waals surface area contributed by atoms with Crippen molar-refractivity contribution in [3.05, 3.63) is 135 Å². The number of ether oxygens (including phenoxy) is 3. The van der Waals surface area contributed by atoms with Crippen LogP contribution in [0.3, 0.4) is 0 Å². The van der Waals surface area contributed by atoms with Gasteiger partial charge in [-0.2, -0.15) is 15.4 Å². The Kier molecular flexibility index (Phi) is 23.2. The van der Waals surface area contributed by atoms with Gasteiger partial charge in [0.15, 0.2) is 18.1 Å².